The number of aliphatic hydroxyl groups is 1. The van der Waals surface area contributed by atoms with Gasteiger partial charge in [-0.3, -0.25) is 9.13 Å². The Morgan fingerprint density at radius 1 is 1.30 bits per heavy atom. The number of benzene rings is 1. The van der Waals surface area contributed by atoms with Crippen LogP contribution in [0.1, 0.15) is 24.8 Å². The van der Waals surface area contributed by atoms with E-state index in [4.69, 9.17) is 26.1 Å². The molecule has 0 saturated carbocycles. The van der Waals surface area contributed by atoms with E-state index in [-0.39, 0.29) is 16.8 Å². The Balaban J connectivity index is 1.55. The third-order valence-corrected chi connectivity index (χ3v) is 9.24. The minimum absolute atomic E-state index is 0.0238. The van der Waals surface area contributed by atoms with Crippen LogP contribution in [0.2, 0.25) is 5.15 Å². The van der Waals surface area contributed by atoms with Crippen LogP contribution in [-0.2, 0) is 18.4 Å². The maximum absolute atomic E-state index is 15.0. The fourth-order valence-electron chi connectivity index (χ4n) is 3.89. The van der Waals surface area contributed by atoms with Gasteiger partial charge in [0.25, 0.3) is 0 Å². The Bertz CT molecular complexity index is 1390. The predicted octanol–water partition coefficient (Wildman–Crippen LogP) is 3.33. The summed E-state index contributed by atoms with van der Waals surface area (Å²) < 4.78 is 62.7. The minimum atomic E-state index is -4.87. The van der Waals surface area contributed by atoms with Crippen molar-refractivity contribution in [1.29, 1.82) is 0 Å². The molecule has 3 heterocycles. The molecular weight excluding hydrogens is 560 g/mol. The van der Waals surface area contributed by atoms with Gasteiger partial charge in [0.2, 0.25) is 0 Å². The fourth-order valence-corrected chi connectivity index (χ4v) is 6.65. The van der Waals surface area contributed by atoms with Crippen LogP contribution in [-0.4, -0.2) is 65.4 Å². The second-order valence-corrected chi connectivity index (χ2v) is 12.9. The Kier molecular flexibility index (Phi) is 8.06. The van der Waals surface area contributed by atoms with Crippen molar-refractivity contribution in [3.63, 3.8) is 0 Å². The number of halogens is 3. The molecule has 202 valence electrons. The van der Waals surface area contributed by atoms with Crippen molar-refractivity contribution in [2.45, 2.75) is 37.6 Å². The van der Waals surface area contributed by atoms with Crippen LogP contribution >= 0.6 is 26.8 Å². The van der Waals surface area contributed by atoms with Crippen molar-refractivity contribution in [3.05, 3.63) is 53.1 Å². The molecule has 1 fully saturated rings. The van der Waals surface area contributed by atoms with Gasteiger partial charge < -0.3 is 34.4 Å². The first-order chi connectivity index (χ1) is 17.2. The summed E-state index contributed by atoms with van der Waals surface area (Å²) in [6, 6.07) is 7.15. The summed E-state index contributed by atoms with van der Waals surface area (Å²) in [7, 11) is -9.62. The van der Waals surface area contributed by atoms with Gasteiger partial charge in [0, 0.05) is 6.04 Å². The van der Waals surface area contributed by atoms with E-state index >= 15 is 4.39 Å². The summed E-state index contributed by atoms with van der Waals surface area (Å²) in [4.78, 5) is 31.6. The van der Waals surface area contributed by atoms with E-state index in [0.717, 1.165) is 4.68 Å². The van der Waals surface area contributed by atoms with Gasteiger partial charge in [-0.1, -0.05) is 23.7 Å². The van der Waals surface area contributed by atoms with Crippen LogP contribution in [0, 0.1) is 5.82 Å². The Hall–Kier alpha value is -1.99. The van der Waals surface area contributed by atoms with E-state index in [1.165, 1.54) is 24.4 Å². The zero-order chi connectivity index (χ0) is 27.1. The Morgan fingerprint density at radius 3 is 2.70 bits per heavy atom. The van der Waals surface area contributed by atoms with E-state index in [1.54, 1.807) is 19.1 Å². The standard InChI is InChI=1S/C20H23ClF2N4O8P2/c1-10(11-3-2-4-12(22)5-11)25-14-6-16(21)26-19-13(14)7-24-27(19)20-17(23)18(28)15(35-20)8-34-37(32,33)9-36(29,30)31/h2-7,10,15,17-18,20,28H,8-9H2,1H3,(H,25,26)(H,32,33)(H2,29,30,31)/t10-,15-,17+,18-,20-/m1/s1. The van der Waals surface area contributed by atoms with Crippen molar-refractivity contribution < 1.29 is 47.0 Å². The monoisotopic (exact) mass is 582 g/mol. The van der Waals surface area contributed by atoms with Crippen molar-refractivity contribution in [2.24, 2.45) is 0 Å². The molecule has 0 radical (unpaired) electrons. The lowest BCUT2D eigenvalue weighted by Crippen LogP contribution is -2.31. The molecule has 1 saturated heterocycles. The van der Waals surface area contributed by atoms with Crippen LogP contribution in [0.5, 0.6) is 0 Å². The quantitative estimate of drug-likeness (QED) is 0.185. The first-order valence-electron chi connectivity index (χ1n) is 10.8. The topological polar surface area (TPSA) is 176 Å². The molecule has 6 atom stereocenters. The van der Waals surface area contributed by atoms with E-state index in [2.05, 4.69) is 19.9 Å². The van der Waals surface area contributed by atoms with Gasteiger partial charge in [0.1, 0.15) is 23.2 Å². The minimum Gasteiger partial charge on any atom is -0.387 e. The third-order valence-electron chi connectivity index (χ3n) is 5.59. The summed E-state index contributed by atoms with van der Waals surface area (Å²) in [5, 5.41) is 18.0. The second kappa shape index (κ2) is 10.6. The molecule has 0 aliphatic carbocycles. The number of aromatic nitrogens is 3. The van der Waals surface area contributed by atoms with E-state index in [0.29, 0.717) is 16.6 Å². The fraction of sp³-hybridized carbons (Fsp3) is 0.400. The highest BCUT2D eigenvalue weighted by Crippen LogP contribution is 2.55. The Morgan fingerprint density at radius 2 is 2.03 bits per heavy atom. The van der Waals surface area contributed by atoms with Gasteiger partial charge in [-0.15, -0.1) is 0 Å². The number of aliphatic hydroxyl groups excluding tert-OH is 1. The Labute approximate surface area is 213 Å². The van der Waals surface area contributed by atoms with Crippen molar-refractivity contribution in [3.8, 4) is 0 Å². The molecule has 1 aromatic carbocycles. The lowest BCUT2D eigenvalue weighted by molar-refractivity contribution is -0.0472. The summed E-state index contributed by atoms with van der Waals surface area (Å²) in [6.07, 6.45) is -5.50. The number of alkyl halides is 1. The number of hydrogen-bond donors (Lipinski definition) is 5. The first kappa shape index (κ1) is 28.0. The maximum atomic E-state index is 15.0. The summed E-state index contributed by atoms with van der Waals surface area (Å²) in [5.74, 6) is -1.85. The number of rotatable bonds is 9. The third kappa shape index (κ3) is 6.54. The zero-order valence-corrected chi connectivity index (χ0v) is 21.6. The van der Waals surface area contributed by atoms with Crippen LogP contribution in [0.3, 0.4) is 0 Å². The molecule has 3 aromatic rings. The average Bonchev–Trinajstić information content (AvgIpc) is 3.32. The molecular formula is C20H23ClF2N4O8P2. The van der Waals surface area contributed by atoms with Gasteiger partial charge in [-0.25, -0.2) is 18.4 Å². The lowest BCUT2D eigenvalue weighted by Gasteiger charge is -2.18. The number of ether oxygens (including phenoxy) is 1. The highest BCUT2D eigenvalue weighted by atomic mass is 35.5. The number of pyridine rings is 1. The van der Waals surface area contributed by atoms with Crippen LogP contribution in [0.4, 0.5) is 14.5 Å². The first-order valence-corrected chi connectivity index (χ1v) is 14.7. The zero-order valence-electron chi connectivity index (χ0n) is 19.1. The van der Waals surface area contributed by atoms with Gasteiger partial charge >= 0.3 is 15.2 Å². The lowest BCUT2D eigenvalue weighted by atomic mass is 10.1. The normalized spacial score (nSPS) is 24.8. The number of nitrogens with zero attached hydrogens (tertiary/aromatic N) is 3. The number of nitrogens with one attached hydrogen (secondary N) is 1. The number of hydrogen-bond acceptors (Lipinski definition) is 8. The molecule has 17 heteroatoms. The maximum Gasteiger partial charge on any atom is 0.340 e. The van der Waals surface area contributed by atoms with Crippen molar-refractivity contribution >= 4 is 43.5 Å². The molecule has 1 unspecified atom stereocenters. The van der Waals surface area contributed by atoms with Crippen LogP contribution < -0.4 is 5.32 Å². The second-order valence-electron chi connectivity index (χ2n) is 8.48. The van der Waals surface area contributed by atoms with Crippen LogP contribution in [0.25, 0.3) is 11.0 Å². The molecule has 37 heavy (non-hydrogen) atoms. The van der Waals surface area contributed by atoms with Gasteiger partial charge in [0.05, 0.1) is 23.9 Å². The summed E-state index contributed by atoms with van der Waals surface area (Å²) in [6.45, 7) is 0.974. The number of fused-ring (bicyclic) bond motifs is 1. The highest BCUT2D eigenvalue weighted by molar-refractivity contribution is 7.70. The van der Waals surface area contributed by atoms with Gasteiger partial charge in [-0.05, 0) is 30.7 Å². The molecule has 5 N–H and O–H groups in total. The average molecular weight is 583 g/mol. The van der Waals surface area contributed by atoms with E-state index < -0.39 is 58.1 Å². The highest BCUT2D eigenvalue weighted by Gasteiger charge is 2.47. The van der Waals surface area contributed by atoms with Gasteiger partial charge in [0.15, 0.2) is 23.9 Å². The van der Waals surface area contributed by atoms with Crippen LogP contribution in [0.15, 0.2) is 36.5 Å². The summed E-state index contributed by atoms with van der Waals surface area (Å²) >= 11 is 6.18. The molecule has 0 spiro atoms. The molecule has 0 amide bonds. The predicted molar refractivity (Wildman–Crippen MR) is 128 cm³/mol. The van der Waals surface area contributed by atoms with Crippen molar-refractivity contribution in [2.75, 3.05) is 17.8 Å². The SMILES string of the molecule is C[C@@H](Nc1cc(Cl)nc2c1cnn2[C@@H]1O[C@H](COP(=O)(O)CP(=O)(O)O)[C@@H](O)[C@@H]1F)c1cccc(F)c1. The molecule has 12 nitrogen and oxygen atoms in total. The van der Waals surface area contributed by atoms with Crippen molar-refractivity contribution in [1.82, 2.24) is 14.8 Å². The van der Waals surface area contributed by atoms with Gasteiger partial charge in [-0.2, -0.15) is 5.10 Å². The molecule has 2 aromatic heterocycles. The van der Waals surface area contributed by atoms with E-state index in [9.17, 15) is 23.5 Å². The molecule has 1 aliphatic rings. The molecule has 4 rings (SSSR count). The largest absolute Gasteiger partial charge is 0.387 e. The molecule has 1 aliphatic heterocycles. The summed E-state index contributed by atoms with van der Waals surface area (Å²) in [5.41, 5.74) is 1.21. The number of anilines is 1. The smallest absolute Gasteiger partial charge is 0.340 e. The molecule has 0 bridgehead atoms. The van der Waals surface area contributed by atoms with E-state index in [1.807, 2.05) is 0 Å².